The molecule has 4 aromatic rings. The summed E-state index contributed by atoms with van der Waals surface area (Å²) in [5.41, 5.74) is 3.87. The number of carboxylic acids is 1. The molecule has 1 saturated carbocycles. The van der Waals surface area contributed by atoms with Gasteiger partial charge in [-0.3, -0.25) is 0 Å². The number of aryl methyl sites for hydroxylation is 2. The SMILES string of the molecule is O=C(O)c1ccc2c(c1)Oc1ccc(OCc3c(-c4c(Cl)cccc4Cl)nnn3C3CC3)nc1CC2. The first kappa shape index (κ1) is 22.8. The average Bonchev–Trinajstić information content (AvgIpc) is 3.65. The number of ether oxygens (including phenoxy) is 2. The Morgan fingerprint density at radius 1 is 1.08 bits per heavy atom. The lowest BCUT2D eigenvalue weighted by Gasteiger charge is -2.12. The molecule has 0 atom stereocenters. The molecule has 0 spiro atoms. The number of carbonyl (C=O) groups is 1. The van der Waals surface area contributed by atoms with Crippen LogP contribution in [0.25, 0.3) is 11.3 Å². The summed E-state index contributed by atoms with van der Waals surface area (Å²) >= 11 is 12.9. The van der Waals surface area contributed by atoms with E-state index in [2.05, 4.69) is 15.3 Å². The smallest absolute Gasteiger partial charge is 0.335 e. The number of hydrogen-bond acceptors (Lipinski definition) is 6. The van der Waals surface area contributed by atoms with Gasteiger partial charge in [-0.15, -0.1) is 5.10 Å². The van der Waals surface area contributed by atoms with Gasteiger partial charge in [0.1, 0.15) is 29.5 Å². The zero-order valence-corrected chi connectivity index (χ0v) is 20.5. The summed E-state index contributed by atoms with van der Waals surface area (Å²) in [7, 11) is 0. The lowest BCUT2D eigenvalue weighted by atomic mass is 10.1. The van der Waals surface area contributed by atoms with E-state index < -0.39 is 5.97 Å². The van der Waals surface area contributed by atoms with Crippen LogP contribution in [0.4, 0.5) is 0 Å². The van der Waals surface area contributed by atoms with Crippen LogP contribution in [0.3, 0.4) is 0 Å². The number of aromatic carboxylic acids is 1. The molecule has 2 aromatic carbocycles. The topological polar surface area (TPSA) is 99.4 Å². The number of carboxylic acid groups (broad SMARTS) is 1. The van der Waals surface area contributed by atoms with Crippen molar-refractivity contribution in [3.05, 3.63) is 81.1 Å². The van der Waals surface area contributed by atoms with Gasteiger partial charge in [0.05, 0.1) is 27.3 Å². The molecule has 8 nitrogen and oxygen atoms in total. The second-order valence-electron chi connectivity index (χ2n) is 8.77. The van der Waals surface area contributed by atoms with Gasteiger partial charge in [-0.1, -0.05) is 40.5 Å². The molecule has 36 heavy (non-hydrogen) atoms. The number of benzene rings is 2. The van der Waals surface area contributed by atoms with Gasteiger partial charge in [0.2, 0.25) is 5.88 Å². The third-order valence-electron chi connectivity index (χ3n) is 6.31. The maximum Gasteiger partial charge on any atom is 0.335 e. The largest absolute Gasteiger partial charge is 0.478 e. The van der Waals surface area contributed by atoms with Crippen LogP contribution < -0.4 is 9.47 Å². The molecule has 6 rings (SSSR count). The van der Waals surface area contributed by atoms with Crippen molar-refractivity contribution in [1.82, 2.24) is 20.0 Å². The minimum Gasteiger partial charge on any atom is -0.478 e. The molecule has 3 heterocycles. The molecule has 0 saturated heterocycles. The molecule has 182 valence electrons. The summed E-state index contributed by atoms with van der Waals surface area (Å²) < 4.78 is 14.0. The molecule has 1 aliphatic carbocycles. The number of aromatic nitrogens is 4. The van der Waals surface area contributed by atoms with Gasteiger partial charge >= 0.3 is 5.97 Å². The molecule has 0 unspecified atom stereocenters. The minimum absolute atomic E-state index is 0.181. The van der Waals surface area contributed by atoms with Gasteiger partial charge in [0, 0.05) is 11.6 Å². The predicted molar refractivity (Wildman–Crippen MR) is 133 cm³/mol. The fourth-order valence-electron chi connectivity index (χ4n) is 4.30. The first-order chi connectivity index (χ1) is 17.5. The highest BCUT2D eigenvalue weighted by molar-refractivity contribution is 6.39. The van der Waals surface area contributed by atoms with E-state index in [1.165, 1.54) is 0 Å². The highest BCUT2D eigenvalue weighted by Gasteiger charge is 2.30. The van der Waals surface area contributed by atoms with E-state index >= 15 is 0 Å². The lowest BCUT2D eigenvalue weighted by Crippen LogP contribution is -2.08. The maximum atomic E-state index is 11.3. The Bertz CT molecular complexity index is 1480. The fraction of sp³-hybridized carbons (Fsp3) is 0.231. The number of halogens is 2. The predicted octanol–water partition coefficient (Wildman–Crippen LogP) is 6.15. The van der Waals surface area contributed by atoms with Crippen LogP contribution in [0.15, 0.2) is 48.5 Å². The van der Waals surface area contributed by atoms with Crippen molar-refractivity contribution in [3.8, 4) is 28.6 Å². The average molecular weight is 523 g/mol. The standard InChI is InChI=1S/C26H20Cl2N4O4/c27-17-2-1-3-18(28)24(17)25-20(32(31-30-25)16-7-8-16)13-35-23-11-10-21-19(29-23)9-6-14-4-5-15(26(33)34)12-22(14)36-21/h1-5,10-12,16H,6-9,13H2,(H,33,34). The zero-order chi connectivity index (χ0) is 24.8. The van der Waals surface area contributed by atoms with Crippen LogP contribution in [0.2, 0.25) is 10.0 Å². The van der Waals surface area contributed by atoms with Gasteiger partial charge in [0.25, 0.3) is 0 Å². The molecule has 2 aliphatic rings. The van der Waals surface area contributed by atoms with E-state index in [0.29, 0.717) is 51.5 Å². The van der Waals surface area contributed by atoms with Crippen molar-refractivity contribution in [1.29, 1.82) is 0 Å². The van der Waals surface area contributed by atoms with Crippen molar-refractivity contribution in [2.24, 2.45) is 0 Å². The monoisotopic (exact) mass is 522 g/mol. The van der Waals surface area contributed by atoms with E-state index in [-0.39, 0.29) is 18.2 Å². The maximum absolute atomic E-state index is 11.3. The zero-order valence-electron chi connectivity index (χ0n) is 18.9. The second kappa shape index (κ2) is 9.11. The van der Waals surface area contributed by atoms with Crippen LogP contribution in [-0.4, -0.2) is 31.1 Å². The van der Waals surface area contributed by atoms with Crippen molar-refractivity contribution < 1.29 is 19.4 Å². The van der Waals surface area contributed by atoms with Crippen molar-refractivity contribution >= 4 is 29.2 Å². The Hall–Kier alpha value is -3.62. The Morgan fingerprint density at radius 3 is 2.64 bits per heavy atom. The molecular formula is C26H20Cl2N4O4. The summed E-state index contributed by atoms with van der Waals surface area (Å²) in [6.07, 6.45) is 3.37. The number of pyridine rings is 1. The van der Waals surface area contributed by atoms with Crippen molar-refractivity contribution in [2.75, 3.05) is 0 Å². The quantitative estimate of drug-likeness (QED) is 0.324. The van der Waals surface area contributed by atoms with E-state index in [1.807, 2.05) is 4.68 Å². The minimum atomic E-state index is -0.995. The summed E-state index contributed by atoms with van der Waals surface area (Å²) in [5, 5.41) is 19.0. The first-order valence-corrected chi connectivity index (χ1v) is 12.3. The molecule has 1 fully saturated rings. The van der Waals surface area contributed by atoms with Crippen molar-refractivity contribution in [2.45, 2.75) is 38.3 Å². The Balaban J connectivity index is 1.27. The second-order valence-corrected chi connectivity index (χ2v) is 9.58. The highest BCUT2D eigenvalue weighted by Crippen LogP contribution is 2.41. The third-order valence-corrected chi connectivity index (χ3v) is 6.94. The van der Waals surface area contributed by atoms with Gasteiger partial charge < -0.3 is 14.6 Å². The van der Waals surface area contributed by atoms with Gasteiger partial charge in [0.15, 0.2) is 0 Å². The van der Waals surface area contributed by atoms with Crippen LogP contribution in [0.5, 0.6) is 17.4 Å². The molecule has 0 radical (unpaired) electrons. The third kappa shape index (κ3) is 4.27. The number of nitrogens with zero attached hydrogens (tertiary/aromatic N) is 4. The molecule has 1 N–H and O–H groups in total. The first-order valence-electron chi connectivity index (χ1n) is 11.5. The number of rotatable bonds is 6. The number of fused-ring (bicyclic) bond motifs is 2. The summed E-state index contributed by atoms with van der Waals surface area (Å²) in [5.74, 6) is 0.557. The molecule has 2 aromatic heterocycles. The Morgan fingerprint density at radius 2 is 1.89 bits per heavy atom. The normalized spacial score (nSPS) is 14.4. The Labute approximate surface area is 216 Å². The summed E-state index contributed by atoms with van der Waals surface area (Å²) in [6, 6.07) is 14.1. The van der Waals surface area contributed by atoms with Crippen LogP contribution in [0.1, 0.15) is 46.2 Å². The molecular weight excluding hydrogens is 503 g/mol. The van der Waals surface area contributed by atoms with Crippen LogP contribution >= 0.6 is 23.2 Å². The molecule has 1 aliphatic heterocycles. The van der Waals surface area contributed by atoms with Gasteiger partial charge in [-0.2, -0.15) is 0 Å². The lowest BCUT2D eigenvalue weighted by molar-refractivity contribution is 0.0696. The van der Waals surface area contributed by atoms with Crippen LogP contribution in [0, 0.1) is 0 Å². The van der Waals surface area contributed by atoms with Crippen molar-refractivity contribution in [3.63, 3.8) is 0 Å². The van der Waals surface area contributed by atoms with E-state index in [4.69, 9.17) is 32.7 Å². The Kier molecular flexibility index (Phi) is 5.78. The molecule has 10 heteroatoms. The summed E-state index contributed by atoms with van der Waals surface area (Å²) in [6.45, 7) is 0.190. The molecule has 0 amide bonds. The number of hydrogen-bond donors (Lipinski definition) is 1. The van der Waals surface area contributed by atoms with Crippen LogP contribution in [-0.2, 0) is 19.4 Å². The van der Waals surface area contributed by atoms with Gasteiger partial charge in [-0.05, 0) is 61.6 Å². The van der Waals surface area contributed by atoms with E-state index in [9.17, 15) is 9.90 Å². The summed E-state index contributed by atoms with van der Waals surface area (Å²) in [4.78, 5) is 16.0. The fourth-order valence-corrected chi connectivity index (χ4v) is 4.88. The van der Waals surface area contributed by atoms with E-state index in [0.717, 1.165) is 29.8 Å². The van der Waals surface area contributed by atoms with Gasteiger partial charge in [-0.25, -0.2) is 14.5 Å². The van der Waals surface area contributed by atoms with E-state index in [1.54, 1.807) is 48.5 Å². The highest BCUT2D eigenvalue weighted by atomic mass is 35.5. The molecule has 0 bridgehead atoms.